The number of imidazole rings is 1. The number of halogens is 2. The Kier molecular flexibility index (Phi) is 4.65. The molecule has 1 unspecified atom stereocenters. The van der Waals surface area contributed by atoms with Gasteiger partial charge in [0.25, 0.3) is 0 Å². The number of nitrogens with zero attached hydrogens (tertiary/aromatic N) is 5. The van der Waals surface area contributed by atoms with E-state index in [0.29, 0.717) is 17.0 Å². The molecule has 0 amide bonds. The van der Waals surface area contributed by atoms with E-state index in [1.54, 1.807) is 13.0 Å². The van der Waals surface area contributed by atoms with Crippen molar-refractivity contribution >= 4 is 29.0 Å². The number of carbonyl (C=O) groups is 1. The first-order chi connectivity index (χ1) is 13.1. The van der Waals surface area contributed by atoms with Crippen molar-refractivity contribution in [3.05, 3.63) is 52.8 Å². The molecule has 4 rings (SSSR count). The Morgan fingerprint density at radius 3 is 3.04 bits per heavy atom. The van der Waals surface area contributed by atoms with E-state index in [4.69, 9.17) is 16.3 Å². The highest BCUT2D eigenvalue weighted by atomic mass is 35.5. The van der Waals surface area contributed by atoms with Crippen molar-refractivity contribution < 1.29 is 13.9 Å². The first-order valence-electron chi connectivity index (χ1n) is 8.68. The Hall–Kier alpha value is -2.74. The zero-order chi connectivity index (χ0) is 19.0. The number of carbonyl (C=O) groups excluding carboxylic acids is 1. The van der Waals surface area contributed by atoms with Crippen molar-refractivity contribution in [3.8, 4) is 0 Å². The van der Waals surface area contributed by atoms with Gasteiger partial charge < -0.3 is 9.64 Å². The Labute approximate surface area is 159 Å². The molecule has 1 aliphatic heterocycles. The second kappa shape index (κ2) is 7.11. The maximum atomic E-state index is 13.7. The topological polar surface area (TPSA) is 72.6 Å². The number of ether oxygens (including phenoxy) is 1. The number of pyridine rings is 1. The number of hydrogen-bond donors (Lipinski definition) is 0. The maximum absolute atomic E-state index is 13.7. The predicted octanol–water partition coefficient (Wildman–Crippen LogP) is 3.44. The molecule has 3 aromatic rings. The summed E-state index contributed by atoms with van der Waals surface area (Å²) in [7, 11) is 0. The third-order valence-corrected chi connectivity index (χ3v) is 4.89. The summed E-state index contributed by atoms with van der Waals surface area (Å²) in [5, 5.41) is 4.85. The third-order valence-electron chi connectivity index (χ3n) is 4.57. The van der Waals surface area contributed by atoms with Crippen LogP contribution in [0.3, 0.4) is 0 Å². The lowest BCUT2D eigenvalue weighted by Gasteiger charge is -2.26. The average molecular weight is 390 g/mol. The van der Waals surface area contributed by atoms with E-state index in [0.717, 1.165) is 25.6 Å². The monoisotopic (exact) mass is 389 g/mol. The molecule has 0 aromatic carbocycles. The molecule has 0 aliphatic carbocycles. The van der Waals surface area contributed by atoms with Gasteiger partial charge in [0.1, 0.15) is 16.8 Å². The van der Waals surface area contributed by atoms with Crippen LogP contribution < -0.4 is 4.90 Å². The molecule has 0 bridgehead atoms. The molecule has 3 aromatic heterocycles. The normalized spacial score (nSPS) is 16.9. The van der Waals surface area contributed by atoms with E-state index in [1.807, 2.05) is 11.0 Å². The minimum absolute atomic E-state index is 0.139. The zero-order valence-corrected chi connectivity index (χ0v) is 15.4. The summed E-state index contributed by atoms with van der Waals surface area (Å²) in [6.45, 7) is 2.75. The molecule has 4 heterocycles. The second-order valence-electron chi connectivity index (χ2n) is 6.21. The molecule has 0 saturated carbocycles. The van der Waals surface area contributed by atoms with E-state index in [1.165, 1.54) is 16.8 Å². The van der Waals surface area contributed by atoms with E-state index in [2.05, 4.69) is 15.1 Å². The second-order valence-corrected chi connectivity index (χ2v) is 6.57. The third kappa shape index (κ3) is 3.21. The summed E-state index contributed by atoms with van der Waals surface area (Å²) < 4.78 is 20.2. The minimum atomic E-state index is -0.481. The Bertz CT molecular complexity index is 1010. The summed E-state index contributed by atoms with van der Waals surface area (Å²) in [4.78, 5) is 22.3. The molecule has 0 N–H and O–H groups in total. The maximum Gasteiger partial charge on any atom is 0.358 e. The van der Waals surface area contributed by atoms with Crippen LogP contribution in [-0.2, 0) is 4.74 Å². The Morgan fingerprint density at radius 1 is 1.37 bits per heavy atom. The van der Waals surface area contributed by atoms with Crippen LogP contribution in [0.4, 0.5) is 10.2 Å². The molecule has 1 atom stereocenters. The van der Waals surface area contributed by atoms with Crippen LogP contribution in [0.25, 0.3) is 5.65 Å². The molecule has 0 radical (unpaired) electrons. The van der Waals surface area contributed by atoms with Crippen LogP contribution in [0.1, 0.15) is 41.9 Å². The van der Waals surface area contributed by atoms with Crippen LogP contribution >= 0.6 is 11.6 Å². The molecule has 7 nitrogen and oxygen atoms in total. The Balaban J connectivity index is 1.73. The molecule has 1 aliphatic rings. The first-order valence-corrected chi connectivity index (χ1v) is 9.05. The lowest BCUT2D eigenvalue weighted by atomic mass is 10.1. The molecule has 140 valence electrons. The number of anilines is 1. The van der Waals surface area contributed by atoms with Crippen molar-refractivity contribution in [1.29, 1.82) is 0 Å². The van der Waals surface area contributed by atoms with Crippen LogP contribution in [0.5, 0.6) is 0 Å². The van der Waals surface area contributed by atoms with Gasteiger partial charge in [-0.3, -0.25) is 0 Å². The van der Waals surface area contributed by atoms with Gasteiger partial charge in [-0.15, -0.1) is 5.10 Å². The van der Waals surface area contributed by atoms with Crippen LogP contribution in [0.2, 0.25) is 5.15 Å². The van der Waals surface area contributed by atoms with E-state index >= 15 is 0 Å². The number of rotatable bonds is 4. The van der Waals surface area contributed by atoms with Crippen LogP contribution in [0.15, 0.2) is 30.6 Å². The minimum Gasteiger partial charge on any atom is -0.461 e. The van der Waals surface area contributed by atoms with Crippen molar-refractivity contribution in [1.82, 2.24) is 19.6 Å². The van der Waals surface area contributed by atoms with E-state index in [9.17, 15) is 9.18 Å². The van der Waals surface area contributed by atoms with Crippen molar-refractivity contribution in [2.24, 2.45) is 0 Å². The first kappa shape index (κ1) is 17.7. The fourth-order valence-electron chi connectivity index (χ4n) is 3.40. The van der Waals surface area contributed by atoms with Crippen molar-refractivity contribution in [3.63, 3.8) is 0 Å². The molecule has 1 fully saturated rings. The summed E-state index contributed by atoms with van der Waals surface area (Å²) in [6.07, 6.45) is 4.26. The quantitative estimate of drug-likeness (QED) is 0.502. The number of esters is 1. The van der Waals surface area contributed by atoms with E-state index < -0.39 is 11.8 Å². The molecular weight excluding hydrogens is 373 g/mol. The van der Waals surface area contributed by atoms with Crippen LogP contribution in [0, 0.1) is 5.82 Å². The fourth-order valence-corrected chi connectivity index (χ4v) is 3.63. The van der Waals surface area contributed by atoms with E-state index in [-0.39, 0.29) is 23.5 Å². The van der Waals surface area contributed by atoms with Crippen molar-refractivity contribution in [2.75, 3.05) is 18.1 Å². The largest absolute Gasteiger partial charge is 0.461 e. The summed E-state index contributed by atoms with van der Waals surface area (Å²) in [5.41, 5.74) is 1.44. The van der Waals surface area contributed by atoms with Gasteiger partial charge in [0, 0.05) is 12.1 Å². The van der Waals surface area contributed by atoms with Gasteiger partial charge in [-0.25, -0.2) is 23.7 Å². The summed E-state index contributed by atoms with van der Waals surface area (Å²) >= 11 is 6.21. The Morgan fingerprint density at radius 2 is 2.22 bits per heavy atom. The number of aromatic nitrogens is 4. The lowest BCUT2D eigenvalue weighted by Crippen LogP contribution is -2.25. The van der Waals surface area contributed by atoms with Crippen LogP contribution in [-0.4, -0.2) is 38.7 Å². The standard InChI is InChI=1S/C18H17ClFN5O2/c1-2-27-18(26)14-10-21-15-5-6-16(23-25(14)15)24-7-3-4-13(24)12-8-11(20)9-22-17(12)19/h5-6,8-10,13H,2-4,7H2,1H3. The molecule has 27 heavy (non-hydrogen) atoms. The van der Waals surface area contributed by atoms with Gasteiger partial charge in [-0.1, -0.05) is 11.6 Å². The van der Waals surface area contributed by atoms with Gasteiger partial charge >= 0.3 is 5.97 Å². The predicted molar refractivity (Wildman–Crippen MR) is 97.5 cm³/mol. The summed E-state index contributed by atoms with van der Waals surface area (Å²) in [6, 6.07) is 4.89. The highest BCUT2D eigenvalue weighted by Crippen LogP contribution is 2.37. The fraction of sp³-hybridized carbons (Fsp3) is 0.333. The zero-order valence-electron chi connectivity index (χ0n) is 14.6. The van der Waals surface area contributed by atoms with Gasteiger partial charge in [0.15, 0.2) is 11.3 Å². The average Bonchev–Trinajstić information content (AvgIpc) is 3.30. The highest BCUT2D eigenvalue weighted by molar-refractivity contribution is 6.30. The smallest absolute Gasteiger partial charge is 0.358 e. The molecule has 0 spiro atoms. The van der Waals surface area contributed by atoms with Gasteiger partial charge in [-0.05, 0) is 38.0 Å². The van der Waals surface area contributed by atoms with Gasteiger partial charge in [-0.2, -0.15) is 0 Å². The van der Waals surface area contributed by atoms with Gasteiger partial charge in [0.05, 0.1) is 25.0 Å². The molecular formula is C18H17ClFN5O2. The molecule has 9 heteroatoms. The molecule has 1 saturated heterocycles. The lowest BCUT2D eigenvalue weighted by molar-refractivity contribution is 0.0517. The highest BCUT2D eigenvalue weighted by Gasteiger charge is 2.30. The summed E-state index contributed by atoms with van der Waals surface area (Å²) in [5.74, 6) is -0.261. The van der Waals surface area contributed by atoms with Crippen molar-refractivity contribution in [2.45, 2.75) is 25.8 Å². The number of hydrogen-bond acceptors (Lipinski definition) is 6. The van der Waals surface area contributed by atoms with Gasteiger partial charge in [0.2, 0.25) is 0 Å². The number of fused-ring (bicyclic) bond motifs is 1. The SMILES string of the molecule is CCOC(=O)c1cnc2ccc(N3CCCC3c3cc(F)cnc3Cl)nn12.